The molecule has 6 nitrogen and oxygen atoms in total. The first kappa shape index (κ1) is 19.1. The number of rotatable bonds is 7. The first-order valence-corrected chi connectivity index (χ1v) is 8.57. The summed E-state index contributed by atoms with van der Waals surface area (Å²) in [6.07, 6.45) is 0.111. The molecule has 0 bridgehead atoms. The molecule has 1 aliphatic heterocycles. The van der Waals surface area contributed by atoms with Crippen LogP contribution >= 0.6 is 0 Å². The molecule has 6 heteroatoms. The molecule has 136 valence electrons. The van der Waals surface area contributed by atoms with Gasteiger partial charge in [0.1, 0.15) is 12.1 Å². The third kappa shape index (κ3) is 5.39. The van der Waals surface area contributed by atoms with Crippen molar-refractivity contribution in [2.75, 3.05) is 13.2 Å². The quantitative estimate of drug-likeness (QED) is 0.600. The maximum absolute atomic E-state index is 12.1. The Morgan fingerprint density at radius 3 is 2.48 bits per heavy atom. The molecule has 1 aromatic rings. The molecule has 0 aromatic heterocycles. The highest BCUT2D eigenvalue weighted by Gasteiger charge is 2.32. The number of hydrogen-bond acceptors (Lipinski definition) is 6. The Labute approximate surface area is 147 Å². The Morgan fingerprint density at radius 1 is 1.20 bits per heavy atom. The Kier molecular flexibility index (Phi) is 6.70. The Hall–Kier alpha value is -2.21. The standard InChI is InChI=1S/C19H25NO5/c1-12-9-16(20-10-12)19(23)25-14(3)13(2)18(22)24-11-17(21)15-7-5-4-6-8-15/h4-8,12-14,16,20H,9-11H2,1-3H3/t12-,13+,14+,16-/m1/s1. The third-order valence-electron chi connectivity index (χ3n) is 4.45. The van der Waals surface area contributed by atoms with E-state index in [9.17, 15) is 14.4 Å². The average Bonchev–Trinajstić information content (AvgIpc) is 3.05. The fourth-order valence-electron chi connectivity index (χ4n) is 2.63. The maximum atomic E-state index is 12.1. The largest absolute Gasteiger partial charge is 0.461 e. The molecule has 1 aliphatic rings. The molecular formula is C19H25NO5. The van der Waals surface area contributed by atoms with Crippen molar-refractivity contribution in [1.82, 2.24) is 5.32 Å². The van der Waals surface area contributed by atoms with E-state index < -0.39 is 18.0 Å². The van der Waals surface area contributed by atoms with Crippen LogP contribution in [0.25, 0.3) is 0 Å². The lowest BCUT2D eigenvalue weighted by atomic mass is 10.1. The van der Waals surface area contributed by atoms with Crippen molar-refractivity contribution in [2.24, 2.45) is 11.8 Å². The number of carbonyl (C=O) groups is 3. The molecule has 2 rings (SSSR count). The molecule has 0 amide bonds. The van der Waals surface area contributed by atoms with Crippen molar-refractivity contribution in [1.29, 1.82) is 0 Å². The SMILES string of the molecule is C[C@H]1CN[C@@H](C(=O)O[C@@H](C)[C@H](C)C(=O)OCC(=O)c2ccccc2)C1. The fourth-order valence-corrected chi connectivity index (χ4v) is 2.63. The van der Waals surface area contributed by atoms with Gasteiger partial charge in [-0.1, -0.05) is 37.3 Å². The predicted molar refractivity (Wildman–Crippen MR) is 92.0 cm³/mol. The second kappa shape index (κ2) is 8.76. The molecule has 4 atom stereocenters. The normalized spacial score (nSPS) is 22.0. The van der Waals surface area contributed by atoms with Gasteiger partial charge >= 0.3 is 11.9 Å². The van der Waals surface area contributed by atoms with Gasteiger partial charge in [0, 0.05) is 5.56 Å². The summed E-state index contributed by atoms with van der Waals surface area (Å²) in [6, 6.07) is 8.31. The van der Waals surface area contributed by atoms with Crippen LogP contribution < -0.4 is 5.32 Å². The van der Waals surface area contributed by atoms with Crippen LogP contribution in [0.4, 0.5) is 0 Å². The molecule has 0 saturated carbocycles. The van der Waals surface area contributed by atoms with Gasteiger partial charge in [0.05, 0.1) is 5.92 Å². The maximum Gasteiger partial charge on any atom is 0.323 e. The minimum Gasteiger partial charge on any atom is -0.461 e. The van der Waals surface area contributed by atoms with Crippen LogP contribution in [0.15, 0.2) is 30.3 Å². The van der Waals surface area contributed by atoms with Gasteiger partial charge < -0.3 is 14.8 Å². The van der Waals surface area contributed by atoms with Gasteiger partial charge in [-0.05, 0) is 32.7 Å². The molecule has 1 heterocycles. The van der Waals surface area contributed by atoms with Gasteiger partial charge in [-0.2, -0.15) is 0 Å². The van der Waals surface area contributed by atoms with E-state index in [0.717, 1.165) is 13.0 Å². The van der Waals surface area contributed by atoms with Crippen LogP contribution in [0.1, 0.15) is 37.6 Å². The van der Waals surface area contributed by atoms with Gasteiger partial charge in [0.15, 0.2) is 12.4 Å². The zero-order chi connectivity index (χ0) is 18.4. The highest BCUT2D eigenvalue weighted by atomic mass is 16.6. The van der Waals surface area contributed by atoms with Crippen LogP contribution in [0.3, 0.4) is 0 Å². The topological polar surface area (TPSA) is 81.7 Å². The van der Waals surface area contributed by atoms with Crippen molar-refractivity contribution < 1.29 is 23.9 Å². The predicted octanol–water partition coefficient (Wildman–Crippen LogP) is 1.98. The number of ether oxygens (including phenoxy) is 2. The van der Waals surface area contributed by atoms with Crippen molar-refractivity contribution in [3.63, 3.8) is 0 Å². The van der Waals surface area contributed by atoms with Crippen LogP contribution in [0, 0.1) is 11.8 Å². The summed E-state index contributed by atoms with van der Waals surface area (Å²) < 4.78 is 10.4. The molecule has 1 aromatic carbocycles. The molecule has 0 radical (unpaired) electrons. The molecule has 0 spiro atoms. The summed E-state index contributed by atoms with van der Waals surface area (Å²) in [5.74, 6) is -1.39. The van der Waals surface area contributed by atoms with E-state index in [-0.39, 0.29) is 24.4 Å². The zero-order valence-corrected chi connectivity index (χ0v) is 14.9. The lowest BCUT2D eigenvalue weighted by molar-refractivity contribution is -0.160. The molecule has 0 unspecified atom stereocenters. The van der Waals surface area contributed by atoms with Gasteiger partial charge in [-0.3, -0.25) is 14.4 Å². The Morgan fingerprint density at radius 2 is 1.88 bits per heavy atom. The second-order valence-corrected chi connectivity index (χ2v) is 6.63. The molecule has 1 saturated heterocycles. The smallest absolute Gasteiger partial charge is 0.323 e. The van der Waals surface area contributed by atoms with Crippen molar-refractivity contribution in [3.05, 3.63) is 35.9 Å². The van der Waals surface area contributed by atoms with Crippen LogP contribution in [-0.2, 0) is 19.1 Å². The lowest BCUT2D eigenvalue weighted by Crippen LogP contribution is -2.37. The zero-order valence-electron chi connectivity index (χ0n) is 14.9. The first-order valence-electron chi connectivity index (χ1n) is 8.57. The third-order valence-corrected chi connectivity index (χ3v) is 4.45. The van der Waals surface area contributed by atoms with E-state index in [0.29, 0.717) is 11.5 Å². The Balaban J connectivity index is 1.78. The summed E-state index contributed by atoms with van der Waals surface area (Å²) >= 11 is 0. The van der Waals surface area contributed by atoms with Crippen molar-refractivity contribution in [2.45, 2.75) is 39.3 Å². The summed E-state index contributed by atoms with van der Waals surface area (Å²) in [5.41, 5.74) is 0.490. The summed E-state index contributed by atoms with van der Waals surface area (Å²) in [6.45, 7) is 5.80. The number of nitrogens with one attached hydrogen (secondary N) is 1. The number of Topliss-reactive ketones (excluding diaryl/α,β-unsaturated/α-hetero) is 1. The molecule has 25 heavy (non-hydrogen) atoms. The van der Waals surface area contributed by atoms with Gasteiger partial charge in [0.2, 0.25) is 0 Å². The van der Waals surface area contributed by atoms with E-state index in [1.54, 1.807) is 44.2 Å². The number of benzene rings is 1. The van der Waals surface area contributed by atoms with E-state index in [4.69, 9.17) is 9.47 Å². The fraction of sp³-hybridized carbons (Fsp3) is 0.526. The van der Waals surface area contributed by atoms with Crippen LogP contribution in [0.5, 0.6) is 0 Å². The van der Waals surface area contributed by atoms with E-state index in [2.05, 4.69) is 12.2 Å². The summed E-state index contributed by atoms with van der Waals surface area (Å²) in [4.78, 5) is 36.1. The first-order chi connectivity index (χ1) is 11.9. The molecule has 0 aliphatic carbocycles. The van der Waals surface area contributed by atoms with E-state index in [1.807, 2.05) is 0 Å². The van der Waals surface area contributed by atoms with Gasteiger partial charge in [0.25, 0.3) is 0 Å². The monoisotopic (exact) mass is 347 g/mol. The minimum atomic E-state index is -0.647. The highest BCUT2D eigenvalue weighted by Crippen LogP contribution is 2.17. The van der Waals surface area contributed by atoms with E-state index in [1.165, 1.54) is 0 Å². The molecule has 1 N–H and O–H groups in total. The minimum absolute atomic E-state index is 0.269. The number of hydrogen-bond donors (Lipinski definition) is 1. The lowest BCUT2D eigenvalue weighted by Gasteiger charge is -2.21. The number of carbonyl (C=O) groups excluding carboxylic acids is 3. The number of esters is 2. The van der Waals surface area contributed by atoms with Crippen molar-refractivity contribution >= 4 is 17.7 Å². The van der Waals surface area contributed by atoms with Gasteiger partial charge in [-0.15, -0.1) is 0 Å². The van der Waals surface area contributed by atoms with Gasteiger partial charge in [-0.25, -0.2) is 0 Å². The average molecular weight is 347 g/mol. The van der Waals surface area contributed by atoms with Crippen LogP contribution in [0.2, 0.25) is 0 Å². The second-order valence-electron chi connectivity index (χ2n) is 6.63. The molecular weight excluding hydrogens is 322 g/mol. The Bertz CT molecular complexity index is 616. The summed E-state index contributed by atoms with van der Waals surface area (Å²) in [5, 5.41) is 3.10. The molecule has 1 fully saturated rings. The van der Waals surface area contributed by atoms with Crippen molar-refractivity contribution in [3.8, 4) is 0 Å². The van der Waals surface area contributed by atoms with E-state index >= 15 is 0 Å². The number of ketones is 1. The summed E-state index contributed by atoms with van der Waals surface area (Å²) in [7, 11) is 0. The van der Waals surface area contributed by atoms with Crippen LogP contribution in [-0.4, -0.2) is 43.0 Å². The highest BCUT2D eigenvalue weighted by molar-refractivity contribution is 5.97.